The van der Waals surface area contributed by atoms with E-state index in [-0.39, 0.29) is 12.5 Å². The van der Waals surface area contributed by atoms with Crippen LogP contribution < -0.4 is 20.5 Å². The number of amides is 2. The number of primary amides is 1. The quantitative estimate of drug-likeness (QED) is 0.755. The first-order valence-corrected chi connectivity index (χ1v) is 9.55. The summed E-state index contributed by atoms with van der Waals surface area (Å²) in [7, 11) is 1.51. The van der Waals surface area contributed by atoms with E-state index >= 15 is 0 Å². The number of carbonyl (C=O) groups is 2. The molecule has 0 saturated carbocycles. The molecule has 0 spiro atoms. The number of fused-ring (bicyclic) bond motifs is 1. The Balaban J connectivity index is 1.66. The lowest BCUT2D eigenvalue weighted by Crippen LogP contribution is -2.43. The van der Waals surface area contributed by atoms with Crippen LogP contribution in [0.15, 0.2) is 29.6 Å². The monoisotopic (exact) mass is 389 g/mol. The van der Waals surface area contributed by atoms with Gasteiger partial charge in [-0.2, -0.15) is 0 Å². The highest BCUT2D eigenvalue weighted by Gasteiger charge is 2.25. The molecule has 1 atom stereocenters. The number of methoxy groups -OCH3 is 1. The van der Waals surface area contributed by atoms with Gasteiger partial charge in [0.1, 0.15) is 6.04 Å². The topological polar surface area (TPSA) is 93.9 Å². The fourth-order valence-corrected chi connectivity index (χ4v) is 3.94. The van der Waals surface area contributed by atoms with E-state index < -0.39 is 11.9 Å². The van der Waals surface area contributed by atoms with Gasteiger partial charge >= 0.3 is 0 Å². The number of benzene rings is 1. The second kappa shape index (κ2) is 8.30. The molecule has 3 rings (SSSR count). The third-order valence-electron chi connectivity index (χ3n) is 4.41. The van der Waals surface area contributed by atoms with E-state index in [9.17, 15) is 9.59 Å². The summed E-state index contributed by atoms with van der Waals surface area (Å²) in [6, 6.07) is 6.89. The summed E-state index contributed by atoms with van der Waals surface area (Å²) < 4.78 is 10.6. The Hall–Kier alpha value is -2.74. The van der Waals surface area contributed by atoms with E-state index in [1.807, 2.05) is 11.8 Å². The SMILES string of the molecule is COc1ccc(NC(C)C(=O)N2CCc3sccc3C2)cc1OCC(N)=O. The maximum absolute atomic E-state index is 12.8. The van der Waals surface area contributed by atoms with Gasteiger partial charge in [-0.25, -0.2) is 0 Å². The third kappa shape index (κ3) is 4.51. The molecule has 1 aliphatic rings. The van der Waals surface area contributed by atoms with Crippen molar-refractivity contribution in [3.8, 4) is 11.5 Å². The van der Waals surface area contributed by atoms with Crippen molar-refractivity contribution in [3.05, 3.63) is 40.1 Å². The van der Waals surface area contributed by atoms with E-state index in [1.165, 1.54) is 17.6 Å². The van der Waals surface area contributed by atoms with E-state index in [0.29, 0.717) is 23.7 Å². The number of thiophene rings is 1. The molecule has 3 N–H and O–H groups in total. The van der Waals surface area contributed by atoms with Crippen LogP contribution in [0, 0.1) is 0 Å². The average Bonchev–Trinajstić information content (AvgIpc) is 3.13. The molecule has 27 heavy (non-hydrogen) atoms. The van der Waals surface area contributed by atoms with Gasteiger partial charge in [0.2, 0.25) is 5.91 Å². The van der Waals surface area contributed by atoms with Gasteiger partial charge in [0.15, 0.2) is 18.1 Å². The van der Waals surface area contributed by atoms with Crippen molar-refractivity contribution in [1.29, 1.82) is 0 Å². The van der Waals surface area contributed by atoms with Gasteiger partial charge in [0, 0.05) is 29.7 Å². The average molecular weight is 389 g/mol. The lowest BCUT2D eigenvalue weighted by atomic mass is 10.1. The van der Waals surface area contributed by atoms with E-state index in [2.05, 4.69) is 16.8 Å². The van der Waals surface area contributed by atoms with Crippen LogP contribution in [0.2, 0.25) is 0 Å². The number of nitrogens with two attached hydrogens (primary N) is 1. The van der Waals surface area contributed by atoms with Crippen LogP contribution in [0.25, 0.3) is 0 Å². The van der Waals surface area contributed by atoms with Gasteiger partial charge in [0.05, 0.1) is 7.11 Å². The Labute approximate surface area is 162 Å². The second-order valence-electron chi connectivity index (χ2n) is 6.37. The predicted molar refractivity (Wildman–Crippen MR) is 104 cm³/mol. The zero-order chi connectivity index (χ0) is 19.4. The molecule has 0 bridgehead atoms. The minimum absolute atomic E-state index is 0.0438. The predicted octanol–water partition coefficient (Wildman–Crippen LogP) is 2.01. The molecular weight excluding hydrogens is 366 g/mol. The number of nitrogens with zero attached hydrogens (tertiary/aromatic N) is 1. The molecule has 0 fully saturated rings. The Morgan fingerprint density at radius 3 is 2.89 bits per heavy atom. The first-order chi connectivity index (χ1) is 13.0. The van der Waals surface area contributed by atoms with Gasteiger partial charge in [-0.1, -0.05) is 0 Å². The lowest BCUT2D eigenvalue weighted by Gasteiger charge is -2.30. The Morgan fingerprint density at radius 1 is 1.33 bits per heavy atom. The van der Waals surface area contributed by atoms with Crippen LogP contribution in [0.4, 0.5) is 5.69 Å². The van der Waals surface area contributed by atoms with E-state index in [0.717, 1.165) is 13.0 Å². The molecule has 144 valence electrons. The minimum atomic E-state index is -0.572. The molecule has 8 heteroatoms. The zero-order valence-corrected chi connectivity index (χ0v) is 16.2. The summed E-state index contributed by atoms with van der Waals surface area (Å²) in [5.74, 6) is 0.350. The molecule has 0 radical (unpaired) electrons. The summed E-state index contributed by atoms with van der Waals surface area (Å²) >= 11 is 1.75. The van der Waals surface area contributed by atoms with Crippen molar-refractivity contribution in [3.63, 3.8) is 0 Å². The third-order valence-corrected chi connectivity index (χ3v) is 5.43. The highest BCUT2D eigenvalue weighted by molar-refractivity contribution is 7.10. The van der Waals surface area contributed by atoms with Crippen LogP contribution in [0.5, 0.6) is 11.5 Å². The van der Waals surface area contributed by atoms with E-state index in [4.69, 9.17) is 15.2 Å². The largest absolute Gasteiger partial charge is 0.493 e. The van der Waals surface area contributed by atoms with Crippen LogP contribution in [-0.4, -0.2) is 43.0 Å². The highest BCUT2D eigenvalue weighted by Crippen LogP contribution is 2.31. The molecular formula is C19H23N3O4S. The van der Waals surface area contributed by atoms with Gasteiger partial charge in [-0.05, 0) is 42.5 Å². The number of hydrogen-bond acceptors (Lipinski definition) is 6. The minimum Gasteiger partial charge on any atom is -0.493 e. The van der Waals surface area contributed by atoms with Gasteiger partial charge in [0.25, 0.3) is 5.91 Å². The van der Waals surface area contributed by atoms with Crippen molar-refractivity contribution < 1.29 is 19.1 Å². The number of hydrogen-bond donors (Lipinski definition) is 2. The van der Waals surface area contributed by atoms with Crippen LogP contribution in [-0.2, 0) is 22.6 Å². The summed E-state index contributed by atoms with van der Waals surface area (Å²) in [5.41, 5.74) is 7.06. The molecule has 1 aromatic heterocycles. The number of rotatable bonds is 7. The standard InChI is InChI=1S/C19H23N3O4S/c1-12(19(24)22-7-5-17-13(10-22)6-8-27-17)21-14-3-4-15(25-2)16(9-14)26-11-18(20)23/h3-4,6,8-9,12,21H,5,7,10-11H2,1-2H3,(H2,20,23). The van der Waals surface area contributed by atoms with E-state index in [1.54, 1.807) is 29.5 Å². The summed E-state index contributed by atoms with van der Waals surface area (Å²) in [6.45, 7) is 2.97. The number of ether oxygens (including phenoxy) is 2. The van der Waals surface area contributed by atoms with Crippen molar-refractivity contribution in [2.24, 2.45) is 5.73 Å². The number of nitrogens with one attached hydrogen (secondary N) is 1. The summed E-state index contributed by atoms with van der Waals surface area (Å²) in [6.07, 6.45) is 0.902. The van der Waals surface area contributed by atoms with Gasteiger partial charge in [-0.15, -0.1) is 11.3 Å². The molecule has 1 aliphatic heterocycles. The fourth-order valence-electron chi connectivity index (χ4n) is 3.05. The molecule has 2 amide bonds. The molecule has 2 aromatic rings. The zero-order valence-electron chi connectivity index (χ0n) is 15.4. The maximum Gasteiger partial charge on any atom is 0.255 e. The number of carbonyl (C=O) groups excluding carboxylic acids is 2. The molecule has 0 saturated heterocycles. The maximum atomic E-state index is 12.8. The first kappa shape index (κ1) is 19.0. The van der Waals surface area contributed by atoms with Gasteiger partial charge < -0.3 is 25.4 Å². The van der Waals surface area contributed by atoms with Crippen LogP contribution in [0.3, 0.4) is 0 Å². The lowest BCUT2D eigenvalue weighted by molar-refractivity contribution is -0.132. The Morgan fingerprint density at radius 2 is 2.15 bits per heavy atom. The second-order valence-corrected chi connectivity index (χ2v) is 7.37. The van der Waals surface area contributed by atoms with Crippen molar-refractivity contribution in [1.82, 2.24) is 4.90 Å². The smallest absolute Gasteiger partial charge is 0.255 e. The van der Waals surface area contributed by atoms with Crippen molar-refractivity contribution in [2.75, 3.05) is 25.6 Å². The van der Waals surface area contributed by atoms with Gasteiger partial charge in [-0.3, -0.25) is 9.59 Å². The van der Waals surface area contributed by atoms with Crippen LogP contribution in [0.1, 0.15) is 17.4 Å². The molecule has 0 aliphatic carbocycles. The van der Waals surface area contributed by atoms with Crippen molar-refractivity contribution in [2.45, 2.75) is 25.9 Å². The molecule has 1 aromatic carbocycles. The summed E-state index contributed by atoms with van der Waals surface area (Å²) in [5, 5.41) is 5.27. The number of anilines is 1. The fraction of sp³-hybridized carbons (Fsp3) is 0.368. The van der Waals surface area contributed by atoms with Crippen molar-refractivity contribution >= 4 is 28.8 Å². The molecule has 7 nitrogen and oxygen atoms in total. The molecule has 2 heterocycles. The molecule has 1 unspecified atom stereocenters. The normalized spacial score (nSPS) is 14.2. The first-order valence-electron chi connectivity index (χ1n) is 8.67. The Bertz CT molecular complexity index is 836. The van der Waals surface area contributed by atoms with Crippen LogP contribution >= 0.6 is 11.3 Å². The summed E-state index contributed by atoms with van der Waals surface area (Å²) in [4.78, 5) is 27.0. The highest BCUT2D eigenvalue weighted by atomic mass is 32.1. The Kier molecular flexibility index (Phi) is 5.85.